The predicted octanol–water partition coefficient (Wildman–Crippen LogP) is 2.15. The first-order chi connectivity index (χ1) is 14.3. The lowest BCUT2D eigenvalue weighted by molar-refractivity contribution is -0.827. The van der Waals surface area contributed by atoms with Crippen LogP contribution in [0.25, 0.3) is 0 Å². The zero-order valence-electron chi connectivity index (χ0n) is 16.5. The van der Waals surface area contributed by atoms with Crippen LogP contribution in [0.2, 0.25) is 0 Å². The molecule has 2 heterocycles. The highest BCUT2D eigenvalue weighted by atomic mass is 32.2. The van der Waals surface area contributed by atoms with Crippen LogP contribution < -0.4 is 0 Å². The monoisotopic (exact) mass is 440 g/mol. The van der Waals surface area contributed by atoms with Crippen molar-refractivity contribution >= 4 is 34.6 Å². The van der Waals surface area contributed by atoms with E-state index in [9.17, 15) is 24.5 Å². The zero-order valence-corrected chi connectivity index (χ0v) is 17.3. The van der Waals surface area contributed by atoms with Crippen molar-refractivity contribution in [3.05, 3.63) is 39.9 Å². The lowest BCUT2D eigenvalue weighted by Gasteiger charge is -2.16. The number of fused-ring (bicyclic) bond motifs is 1. The summed E-state index contributed by atoms with van der Waals surface area (Å²) in [6.45, 7) is 3.28. The van der Waals surface area contributed by atoms with Crippen LogP contribution in [0.15, 0.2) is 24.3 Å². The minimum absolute atomic E-state index is 0.0427. The molecule has 3 rings (SSSR count). The van der Waals surface area contributed by atoms with Crippen molar-refractivity contribution in [2.24, 2.45) is 0 Å². The quantitative estimate of drug-likeness (QED) is 0.195. The number of amides is 1. The molecule has 0 bridgehead atoms. The van der Waals surface area contributed by atoms with Gasteiger partial charge in [0.25, 0.3) is 5.69 Å². The topological polar surface area (TPSA) is 125 Å². The second kappa shape index (κ2) is 9.08. The van der Waals surface area contributed by atoms with Crippen LogP contribution in [0.1, 0.15) is 25.8 Å². The highest BCUT2D eigenvalue weighted by Crippen LogP contribution is 2.51. The lowest BCUT2D eigenvalue weighted by Crippen LogP contribution is -2.41. The summed E-state index contributed by atoms with van der Waals surface area (Å²) in [5.41, 5.74) is 0.540. The largest absolute Gasteiger partial charge is 0.540 e. The number of nitro benzene ring substituents is 1. The average molecular weight is 440 g/mol. The number of ether oxygens (including phenoxy) is 2. The van der Waals surface area contributed by atoms with Gasteiger partial charge in [-0.05, 0) is 24.6 Å². The summed E-state index contributed by atoms with van der Waals surface area (Å²) < 4.78 is 10.0. The SMILES string of the molecule is CCOC(=O)CON1[C@H]2C[C@H](SC(C)=O)C[N+]21C(=O)OCc1ccc([N+](=O)[O-])cc1. The van der Waals surface area contributed by atoms with Crippen molar-refractivity contribution in [1.29, 1.82) is 0 Å². The summed E-state index contributed by atoms with van der Waals surface area (Å²) in [7, 11) is 0. The molecular weight excluding hydrogens is 418 g/mol. The number of nitro groups is 1. The molecule has 4 atom stereocenters. The molecule has 11 nitrogen and oxygen atoms in total. The van der Waals surface area contributed by atoms with Gasteiger partial charge in [-0.15, -0.1) is 0 Å². The van der Waals surface area contributed by atoms with E-state index in [0.717, 1.165) is 0 Å². The van der Waals surface area contributed by atoms with Gasteiger partial charge in [0, 0.05) is 30.6 Å². The number of thioether (sulfide) groups is 1. The number of quaternary nitrogens is 1. The number of hydroxylamine groups is 1. The van der Waals surface area contributed by atoms with Gasteiger partial charge in [-0.25, -0.2) is 9.63 Å². The molecule has 2 fully saturated rings. The van der Waals surface area contributed by atoms with E-state index in [4.69, 9.17) is 14.3 Å². The fraction of sp³-hybridized carbons (Fsp3) is 0.500. The Hall–Kier alpha value is -2.54. The van der Waals surface area contributed by atoms with Crippen LogP contribution in [0.4, 0.5) is 10.5 Å². The molecule has 162 valence electrons. The van der Waals surface area contributed by atoms with Crippen molar-refractivity contribution in [3.63, 3.8) is 0 Å². The Kier molecular flexibility index (Phi) is 6.71. The number of carbonyl (C=O) groups excluding carboxylic acids is 3. The third kappa shape index (κ3) is 4.61. The molecule has 0 radical (unpaired) electrons. The Morgan fingerprint density at radius 3 is 2.57 bits per heavy atom. The van der Waals surface area contributed by atoms with E-state index in [2.05, 4.69) is 0 Å². The minimum Gasteiger partial charge on any atom is -0.464 e. The predicted molar refractivity (Wildman–Crippen MR) is 103 cm³/mol. The number of carbonyl (C=O) groups is 3. The lowest BCUT2D eigenvalue weighted by atomic mass is 10.2. The summed E-state index contributed by atoms with van der Waals surface area (Å²) in [5, 5.41) is 12.0. The van der Waals surface area contributed by atoms with Gasteiger partial charge in [0.2, 0.25) is 6.17 Å². The van der Waals surface area contributed by atoms with Crippen LogP contribution in [-0.2, 0) is 30.5 Å². The maximum atomic E-state index is 12.9. The van der Waals surface area contributed by atoms with Gasteiger partial charge in [-0.3, -0.25) is 14.9 Å². The first-order valence-electron chi connectivity index (χ1n) is 9.31. The first kappa shape index (κ1) is 22.2. The van der Waals surface area contributed by atoms with Crippen molar-refractivity contribution in [1.82, 2.24) is 5.17 Å². The van der Waals surface area contributed by atoms with Crippen molar-refractivity contribution in [3.8, 4) is 0 Å². The highest BCUT2D eigenvalue weighted by Gasteiger charge is 2.79. The van der Waals surface area contributed by atoms with Gasteiger partial charge in [0.15, 0.2) is 11.7 Å². The van der Waals surface area contributed by atoms with Gasteiger partial charge >= 0.3 is 12.1 Å². The second-order valence-electron chi connectivity index (χ2n) is 6.82. The Labute approximate surface area is 176 Å². The van der Waals surface area contributed by atoms with E-state index in [-0.39, 0.29) is 46.6 Å². The molecular formula is C18H22N3O8S+. The number of nitrogens with zero attached hydrogens (tertiary/aromatic N) is 3. The van der Waals surface area contributed by atoms with E-state index in [0.29, 0.717) is 18.5 Å². The zero-order chi connectivity index (χ0) is 21.9. The number of hydrogen-bond acceptors (Lipinski definition) is 10. The van der Waals surface area contributed by atoms with Gasteiger partial charge < -0.3 is 9.47 Å². The first-order valence-corrected chi connectivity index (χ1v) is 10.2. The number of rotatable bonds is 8. The van der Waals surface area contributed by atoms with Crippen molar-refractivity contribution < 1.29 is 38.2 Å². The third-order valence-electron chi connectivity index (χ3n) is 4.78. The molecule has 0 spiro atoms. The van der Waals surface area contributed by atoms with Crippen molar-refractivity contribution in [2.75, 3.05) is 19.8 Å². The molecule has 1 aromatic carbocycles. The van der Waals surface area contributed by atoms with E-state index in [1.54, 1.807) is 6.92 Å². The Balaban J connectivity index is 1.63. The van der Waals surface area contributed by atoms with Crippen LogP contribution >= 0.6 is 11.8 Å². The van der Waals surface area contributed by atoms with Crippen LogP contribution in [0, 0.1) is 10.1 Å². The summed E-state index contributed by atoms with van der Waals surface area (Å²) in [5.74, 6) is -0.546. The number of benzene rings is 1. The summed E-state index contributed by atoms with van der Waals surface area (Å²) in [6.07, 6.45) is -0.394. The van der Waals surface area contributed by atoms with Crippen molar-refractivity contribution in [2.45, 2.75) is 38.3 Å². The highest BCUT2D eigenvalue weighted by molar-refractivity contribution is 8.14. The van der Waals surface area contributed by atoms with Gasteiger partial charge in [-0.2, -0.15) is 4.79 Å². The number of esters is 1. The second-order valence-corrected chi connectivity index (χ2v) is 8.29. The Morgan fingerprint density at radius 2 is 1.97 bits per heavy atom. The minimum atomic E-state index is -0.575. The Morgan fingerprint density at radius 1 is 1.27 bits per heavy atom. The molecule has 30 heavy (non-hydrogen) atoms. The molecule has 2 saturated heterocycles. The molecule has 0 saturated carbocycles. The number of non-ortho nitro benzene ring substituents is 1. The third-order valence-corrected chi connectivity index (χ3v) is 5.79. The summed E-state index contributed by atoms with van der Waals surface area (Å²) in [4.78, 5) is 51.6. The molecule has 0 aromatic heterocycles. The summed E-state index contributed by atoms with van der Waals surface area (Å²) in [6, 6.07) is 5.69. The van der Waals surface area contributed by atoms with Gasteiger partial charge in [0.1, 0.15) is 13.2 Å². The molecule has 1 aromatic rings. The molecule has 1 amide bonds. The standard InChI is InChI=1S/C18H22N3O8S/c1-3-27-17(23)11-29-19-16-8-15(30-12(2)22)9-21(16,19)18(24)28-10-13-4-6-14(7-5-13)20(25)26/h4-7,15-16H,3,8-11H2,1-2H3/q+1/t15-,16+,19?,21?/m0/s1. The Bertz CT molecular complexity index is 848. The molecule has 0 N–H and O–H groups in total. The van der Waals surface area contributed by atoms with Crippen LogP contribution in [0.3, 0.4) is 0 Å². The average Bonchev–Trinajstić information content (AvgIpc) is 3.12. The van der Waals surface area contributed by atoms with E-state index in [1.165, 1.54) is 48.1 Å². The molecule has 2 unspecified atom stereocenters. The summed E-state index contributed by atoms with van der Waals surface area (Å²) >= 11 is 1.17. The van der Waals surface area contributed by atoms with Crippen LogP contribution in [0.5, 0.6) is 0 Å². The molecule has 2 aliphatic heterocycles. The molecule has 2 aliphatic rings. The van der Waals surface area contributed by atoms with Gasteiger partial charge in [0.05, 0.1) is 16.8 Å². The maximum Gasteiger partial charge on any atom is 0.540 e. The molecule has 0 aliphatic carbocycles. The fourth-order valence-corrected chi connectivity index (χ4v) is 4.52. The smallest absolute Gasteiger partial charge is 0.464 e. The molecule has 12 heteroatoms. The maximum absolute atomic E-state index is 12.9. The van der Waals surface area contributed by atoms with Crippen LogP contribution in [-0.4, -0.2) is 63.0 Å². The van der Waals surface area contributed by atoms with E-state index >= 15 is 0 Å². The van der Waals surface area contributed by atoms with E-state index in [1.807, 2.05) is 0 Å². The van der Waals surface area contributed by atoms with Gasteiger partial charge in [-0.1, -0.05) is 16.4 Å². The number of hydrogen-bond donors (Lipinski definition) is 0. The van der Waals surface area contributed by atoms with E-state index < -0.39 is 17.0 Å². The fourth-order valence-electron chi connectivity index (χ4n) is 3.48. The normalized spacial score (nSPS) is 26.5.